The zero-order valence-corrected chi connectivity index (χ0v) is 13.5. The van der Waals surface area contributed by atoms with Gasteiger partial charge in [0, 0.05) is 10.2 Å². The van der Waals surface area contributed by atoms with Gasteiger partial charge in [0.05, 0.1) is 18.4 Å². The van der Waals surface area contributed by atoms with Crippen LogP contribution in [-0.4, -0.2) is 13.0 Å². The lowest BCUT2D eigenvalue weighted by molar-refractivity contribution is 0.102. The van der Waals surface area contributed by atoms with Crippen molar-refractivity contribution in [2.75, 3.05) is 18.2 Å². The molecule has 2 aromatic carbocycles. The Hall–Kier alpha value is -2.01. The van der Waals surface area contributed by atoms with Crippen molar-refractivity contribution in [1.82, 2.24) is 0 Å². The fourth-order valence-corrected chi connectivity index (χ4v) is 2.54. The van der Waals surface area contributed by atoms with E-state index in [9.17, 15) is 4.79 Å². The largest absolute Gasteiger partial charge is 0.494 e. The van der Waals surface area contributed by atoms with Gasteiger partial charge in [-0.05, 0) is 42.3 Å². The maximum absolute atomic E-state index is 12.4. The van der Waals surface area contributed by atoms with Crippen LogP contribution in [-0.2, 0) is 6.42 Å². The molecule has 0 saturated heterocycles. The van der Waals surface area contributed by atoms with Crippen LogP contribution in [0, 0.1) is 0 Å². The SMILES string of the molecule is CCc1cc(Br)ccc1NC(=O)c1cccc(N)c1OC. The number of rotatable bonds is 4. The second-order valence-corrected chi connectivity index (χ2v) is 5.45. The average molecular weight is 349 g/mol. The summed E-state index contributed by atoms with van der Waals surface area (Å²) in [5, 5.41) is 2.91. The number of ether oxygens (including phenoxy) is 1. The maximum Gasteiger partial charge on any atom is 0.259 e. The van der Waals surface area contributed by atoms with Crippen molar-refractivity contribution in [2.24, 2.45) is 0 Å². The Labute approximate surface area is 132 Å². The topological polar surface area (TPSA) is 64.4 Å². The molecule has 0 unspecified atom stereocenters. The number of amides is 1. The second-order valence-electron chi connectivity index (χ2n) is 4.54. The van der Waals surface area contributed by atoms with Crippen LogP contribution in [0.25, 0.3) is 0 Å². The van der Waals surface area contributed by atoms with Gasteiger partial charge >= 0.3 is 0 Å². The summed E-state index contributed by atoms with van der Waals surface area (Å²) in [6.07, 6.45) is 0.823. The molecular formula is C16H17BrN2O2. The van der Waals surface area contributed by atoms with Gasteiger partial charge in [0.1, 0.15) is 0 Å². The fraction of sp³-hybridized carbons (Fsp3) is 0.188. The number of aryl methyl sites for hydroxylation is 1. The monoisotopic (exact) mass is 348 g/mol. The maximum atomic E-state index is 12.4. The molecule has 0 atom stereocenters. The van der Waals surface area contributed by atoms with Gasteiger partial charge < -0.3 is 15.8 Å². The number of methoxy groups -OCH3 is 1. The molecule has 0 radical (unpaired) electrons. The summed E-state index contributed by atoms with van der Waals surface area (Å²) in [7, 11) is 1.50. The molecule has 110 valence electrons. The van der Waals surface area contributed by atoms with Crippen LogP contribution in [0.15, 0.2) is 40.9 Å². The molecule has 1 amide bonds. The highest BCUT2D eigenvalue weighted by molar-refractivity contribution is 9.10. The molecule has 0 heterocycles. The van der Waals surface area contributed by atoms with Gasteiger partial charge in [-0.25, -0.2) is 0 Å². The first-order valence-electron chi connectivity index (χ1n) is 6.59. The average Bonchev–Trinajstić information content (AvgIpc) is 2.48. The van der Waals surface area contributed by atoms with Crippen LogP contribution in [0.4, 0.5) is 11.4 Å². The molecule has 0 fully saturated rings. The van der Waals surface area contributed by atoms with E-state index in [1.807, 2.05) is 25.1 Å². The highest BCUT2D eigenvalue weighted by Crippen LogP contribution is 2.28. The molecule has 2 rings (SSSR count). The fourth-order valence-electron chi connectivity index (χ4n) is 2.13. The number of benzene rings is 2. The molecule has 0 aromatic heterocycles. The predicted octanol–water partition coefficient (Wildman–Crippen LogP) is 3.85. The van der Waals surface area contributed by atoms with Crippen molar-refractivity contribution < 1.29 is 9.53 Å². The minimum atomic E-state index is -0.240. The van der Waals surface area contributed by atoms with Crippen molar-refractivity contribution in [3.63, 3.8) is 0 Å². The first-order chi connectivity index (χ1) is 10.1. The molecule has 0 spiro atoms. The zero-order valence-electron chi connectivity index (χ0n) is 11.9. The van der Waals surface area contributed by atoms with E-state index in [1.165, 1.54) is 7.11 Å². The molecule has 0 aliphatic rings. The van der Waals surface area contributed by atoms with E-state index in [0.717, 1.165) is 22.1 Å². The highest BCUT2D eigenvalue weighted by Gasteiger charge is 2.15. The summed E-state index contributed by atoms with van der Waals surface area (Å²) < 4.78 is 6.20. The summed E-state index contributed by atoms with van der Waals surface area (Å²) in [5.41, 5.74) is 8.53. The molecule has 2 aromatic rings. The Balaban J connectivity index is 2.33. The zero-order chi connectivity index (χ0) is 15.4. The predicted molar refractivity (Wildman–Crippen MR) is 88.9 cm³/mol. The van der Waals surface area contributed by atoms with E-state index in [-0.39, 0.29) is 5.91 Å². The summed E-state index contributed by atoms with van der Waals surface area (Å²) in [4.78, 5) is 12.4. The summed E-state index contributed by atoms with van der Waals surface area (Å²) in [6, 6.07) is 10.9. The van der Waals surface area contributed by atoms with E-state index in [0.29, 0.717) is 17.0 Å². The van der Waals surface area contributed by atoms with Gasteiger partial charge in [-0.1, -0.05) is 28.9 Å². The lowest BCUT2D eigenvalue weighted by Crippen LogP contribution is -2.15. The van der Waals surface area contributed by atoms with Gasteiger partial charge in [-0.15, -0.1) is 0 Å². The Morgan fingerprint density at radius 2 is 2.10 bits per heavy atom. The first-order valence-corrected chi connectivity index (χ1v) is 7.38. The molecule has 4 nitrogen and oxygen atoms in total. The van der Waals surface area contributed by atoms with Gasteiger partial charge in [0.15, 0.2) is 5.75 Å². The quantitative estimate of drug-likeness (QED) is 0.824. The van der Waals surface area contributed by atoms with E-state index >= 15 is 0 Å². The number of hydrogen-bond donors (Lipinski definition) is 2. The minimum absolute atomic E-state index is 0.240. The van der Waals surface area contributed by atoms with Crippen LogP contribution in [0.2, 0.25) is 0 Å². The molecule has 0 bridgehead atoms. The molecule has 21 heavy (non-hydrogen) atoms. The molecular weight excluding hydrogens is 332 g/mol. The number of anilines is 2. The molecule has 3 N–H and O–H groups in total. The molecule has 0 saturated carbocycles. The van der Waals surface area contributed by atoms with Crippen LogP contribution in [0.3, 0.4) is 0 Å². The van der Waals surface area contributed by atoms with Crippen molar-refractivity contribution in [3.05, 3.63) is 52.0 Å². The number of nitrogens with two attached hydrogens (primary N) is 1. The summed E-state index contributed by atoms with van der Waals surface area (Å²) in [5.74, 6) is 0.154. The van der Waals surface area contributed by atoms with Crippen molar-refractivity contribution >= 4 is 33.2 Å². The van der Waals surface area contributed by atoms with Gasteiger partial charge in [-0.2, -0.15) is 0 Å². The second kappa shape index (κ2) is 6.63. The summed E-state index contributed by atoms with van der Waals surface area (Å²) >= 11 is 3.43. The molecule has 5 heteroatoms. The third kappa shape index (κ3) is 3.36. The minimum Gasteiger partial charge on any atom is -0.494 e. The van der Waals surface area contributed by atoms with Crippen molar-refractivity contribution in [3.8, 4) is 5.75 Å². The molecule has 0 aliphatic heterocycles. The van der Waals surface area contributed by atoms with Crippen LogP contribution >= 0.6 is 15.9 Å². The Morgan fingerprint density at radius 1 is 1.33 bits per heavy atom. The van der Waals surface area contributed by atoms with E-state index in [4.69, 9.17) is 10.5 Å². The van der Waals surface area contributed by atoms with Gasteiger partial charge in [-0.3, -0.25) is 4.79 Å². The van der Waals surface area contributed by atoms with Crippen LogP contribution in [0.1, 0.15) is 22.8 Å². The summed E-state index contributed by atoms with van der Waals surface area (Å²) in [6.45, 7) is 2.04. The Kier molecular flexibility index (Phi) is 4.85. The van der Waals surface area contributed by atoms with Gasteiger partial charge in [0.2, 0.25) is 0 Å². The number of hydrogen-bond acceptors (Lipinski definition) is 3. The van der Waals surface area contributed by atoms with Crippen molar-refractivity contribution in [2.45, 2.75) is 13.3 Å². The van der Waals surface area contributed by atoms with E-state index in [2.05, 4.69) is 21.2 Å². The van der Waals surface area contributed by atoms with Crippen LogP contribution < -0.4 is 15.8 Å². The smallest absolute Gasteiger partial charge is 0.259 e. The third-order valence-corrected chi connectivity index (χ3v) is 3.68. The third-order valence-electron chi connectivity index (χ3n) is 3.19. The lowest BCUT2D eigenvalue weighted by Gasteiger charge is -2.13. The number of carbonyl (C=O) groups is 1. The Bertz CT molecular complexity index is 671. The number of halogens is 1. The number of para-hydroxylation sites is 1. The molecule has 0 aliphatic carbocycles. The first kappa shape index (κ1) is 15.4. The number of carbonyl (C=O) groups excluding carboxylic acids is 1. The van der Waals surface area contributed by atoms with E-state index < -0.39 is 0 Å². The van der Waals surface area contributed by atoms with Gasteiger partial charge in [0.25, 0.3) is 5.91 Å². The van der Waals surface area contributed by atoms with E-state index in [1.54, 1.807) is 18.2 Å². The highest BCUT2D eigenvalue weighted by atomic mass is 79.9. The lowest BCUT2D eigenvalue weighted by atomic mass is 10.1. The van der Waals surface area contributed by atoms with Crippen molar-refractivity contribution in [1.29, 1.82) is 0 Å². The number of nitrogen functional groups attached to an aromatic ring is 1. The Morgan fingerprint density at radius 3 is 2.76 bits per heavy atom. The standard InChI is InChI=1S/C16H17BrN2O2/c1-3-10-9-11(17)7-8-14(10)19-16(20)12-5-4-6-13(18)15(12)21-2/h4-9H,3,18H2,1-2H3,(H,19,20). The van der Waals surface area contributed by atoms with Crippen LogP contribution in [0.5, 0.6) is 5.75 Å². The number of nitrogens with one attached hydrogen (secondary N) is 1. The normalized spacial score (nSPS) is 10.2.